The van der Waals surface area contributed by atoms with Crippen molar-refractivity contribution in [2.75, 3.05) is 40.9 Å². The first-order chi connectivity index (χ1) is 14.0. The van der Waals surface area contributed by atoms with Crippen LogP contribution in [0, 0.1) is 6.92 Å². The quantitative estimate of drug-likeness (QED) is 0.192. The number of hydrogen-bond donors (Lipinski definition) is 5. The van der Waals surface area contributed by atoms with Gasteiger partial charge in [0.1, 0.15) is 0 Å². The summed E-state index contributed by atoms with van der Waals surface area (Å²) in [5.41, 5.74) is 0. The number of carboxylic acid groups (broad SMARTS) is 1. The molecule has 0 unspecified atom stereocenters. The molecule has 0 aliphatic heterocycles. The number of aryl methyl sites for hydroxylation is 1. The summed E-state index contributed by atoms with van der Waals surface area (Å²) >= 11 is 0. The molecular formula is C12H32N4O13P2S. The van der Waals surface area contributed by atoms with Crippen LogP contribution in [0.2, 0.25) is 0 Å². The third kappa shape index (κ3) is 120. The van der Waals surface area contributed by atoms with E-state index in [1.54, 1.807) is 6.92 Å². The summed E-state index contributed by atoms with van der Waals surface area (Å²) in [6.07, 6.45) is 0.715. The van der Waals surface area contributed by atoms with Gasteiger partial charge in [-0.3, -0.25) is 23.3 Å². The SMILES string of the molecule is CC(=O)O.COC(C)=O.COP(C)(=O)OC.CP(=O)(O)O.CS(=O)(=O)O.Cc1nn[nH]n1. The van der Waals surface area contributed by atoms with Gasteiger partial charge in [-0.05, 0) is 6.92 Å². The number of nitrogens with one attached hydrogen (secondary N) is 1. The van der Waals surface area contributed by atoms with Gasteiger partial charge in [0, 0.05) is 41.4 Å². The van der Waals surface area contributed by atoms with Gasteiger partial charge in [0.25, 0.3) is 16.1 Å². The molecule has 0 saturated carbocycles. The number of aromatic nitrogens is 4. The summed E-state index contributed by atoms with van der Waals surface area (Å²) in [5.74, 6) is -0.403. The molecule has 1 heterocycles. The Hall–Kier alpha value is -1.78. The van der Waals surface area contributed by atoms with Gasteiger partial charge < -0.3 is 28.7 Å². The van der Waals surface area contributed by atoms with Crippen LogP contribution in [-0.2, 0) is 42.6 Å². The minimum atomic E-state index is -3.67. The highest BCUT2D eigenvalue weighted by Crippen LogP contribution is 2.40. The number of hydrogen-bond acceptors (Lipinski definition) is 12. The number of aliphatic carboxylic acids is 1. The van der Waals surface area contributed by atoms with Crippen LogP contribution in [0.1, 0.15) is 19.7 Å². The lowest BCUT2D eigenvalue weighted by Gasteiger charge is -2.04. The molecule has 0 aliphatic carbocycles. The second kappa shape index (κ2) is 22.4. The Bertz CT molecular complexity index is 753. The fourth-order valence-corrected chi connectivity index (χ4v) is 0.435. The van der Waals surface area contributed by atoms with E-state index in [1.165, 1.54) is 34.9 Å². The van der Waals surface area contributed by atoms with Crippen molar-refractivity contribution in [1.29, 1.82) is 0 Å². The number of carbonyl (C=O) groups is 2. The third-order valence-electron chi connectivity index (χ3n) is 1.40. The lowest BCUT2D eigenvalue weighted by molar-refractivity contribution is -0.138. The molecule has 1 rings (SSSR count). The molecule has 0 saturated heterocycles. The van der Waals surface area contributed by atoms with Crippen LogP contribution in [0.15, 0.2) is 0 Å². The molecule has 1 aromatic heterocycles. The summed E-state index contributed by atoms with van der Waals surface area (Å²) in [6.45, 7) is 6.48. The van der Waals surface area contributed by atoms with Gasteiger partial charge in [0.2, 0.25) is 0 Å². The summed E-state index contributed by atoms with van der Waals surface area (Å²) in [7, 11) is -5.91. The van der Waals surface area contributed by atoms with Crippen LogP contribution in [-0.4, -0.2) is 101 Å². The van der Waals surface area contributed by atoms with Crippen molar-refractivity contribution < 1.29 is 60.4 Å². The molecule has 0 spiro atoms. The van der Waals surface area contributed by atoms with Crippen LogP contribution in [0.4, 0.5) is 0 Å². The van der Waals surface area contributed by atoms with Crippen LogP contribution in [0.5, 0.6) is 0 Å². The van der Waals surface area contributed by atoms with Gasteiger partial charge in [0.05, 0.1) is 13.4 Å². The molecule has 0 fully saturated rings. The Morgan fingerprint density at radius 1 is 1.03 bits per heavy atom. The van der Waals surface area contributed by atoms with Gasteiger partial charge >= 0.3 is 21.2 Å². The number of ether oxygens (including phenoxy) is 1. The predicted octanol–water partition coefficient (Wildman–Crippen LogP) is 0.178. The molecule has 0 bridgehead atoms. The number of tetrazole rings is 1. The standard InChI is InChI=1S/C3H9O3P.C3H6O2.C2H4N4.C2H4O2.CH5O3P.CH4O3S/c1-5-7(3,4)6-2;1-3(4)5-2;1-2-3-5-6-4-2;1-2(3)4;2*1-5(2,3)4/h1-3H3;1-2H3;1H3,(H,3,4,5,6);1H3,(H,3,4);1H3,(H2,2,3,4);1H3,(H,2,3,4). The molecule has 20 heteroatoms. The van der Waals surface area contributed by atoms with Crippen molar-refractivity contribution in [3.63, 3.8) is 0 Å². The number of rotatable bonds is 2. The first-order valence-corrected chi connectivity index (χ1v) is 13.5. The van der Waals surface area contributed by atoms with Crippen molar-refractivity contribution in [2.45, 2.75) is 20.8 Å². The molecule has 5 N–H and O–H groups in total. The van der Waals surface area contributed by atoms with E-state index in [0.717, 1.165) is 13.6 Å². The molecule has 194 valence electrons. The molecule has 1 aromatic rings. The Morgan fingerprint density at radius 3 is 1.31 bits per heavy atom. The highest BCUT2D eigenvalue weighted by atomic mass is 32.2. The van der Waals surface area contributed by atoms with Crippen molar-refractivity contribution in [3.05, 3.63) is 5.82 Å². The maximum Gasteiger partial charge on any atom is 0.327 e. The minimum Gasteiger partial charge on any atom is -0.481 e. The average molecular weight is 534 g/mol. The molecule has 0 atom stereocenters. The van der Waals surface area contributed by atoms with Crippen molar-refractivity contribution in [2.24, 2.45) is 0 Å². The molecule has 0 amide bonds. The lowest BCUT2D eigenvalue weighted by atomic mass is 10.8. The van der Waals surface area contributed by atoms with E-state index in [9.17, 15) is 22.3 Å². The number of H-pyrrole nitrogens is 1. The van der Waals surface area contributed by atoms with E-state index >= 15 is 0 Å². The predicted molar refractivity (Wildman–Crippen MR) is 113 cm³/mol. The van der Waals surface area contributed by atoms with E-state index in [2.05, 4.69) is 34.4 Å². The molecule has 0 aromatic carbocycles. The van der Waals surface area contributed by atoms with Crippen LogP contribution in [0.25, 0.3) is 0 Å². The number of esters is 1. The van der Waals surface area contributed by atoms with Crippen molar-refractivity contribution >= 4 is 37.2 Å². The Morgan fingerprint density at radius 2 is 1.28 bits per heavy atom. The second-order valence-corrected chi connectivity index (χ2v) is 10.3. The first-order valence-electron chi connectivity index (χ1n) is 7.60. The Labute approximate surface area is 186 Å². The Balaban J connectivity index is -0.0000000920. The fraction of sp³-hybridized carbons (Fsp3) is 0.750. The first kappa shape index (κ1) is 40.6. The average Bonchev–Trinajstić information content (AvgIpc) is 3.03. The second-order valence-electron chi connectivity index (χ2n) is 4.88. The maximum absolute atomic E-state index is 10.5. The number of carboxylic acids is 1. The smallest absolute Gasteiger partial charge is 0.327 e. The van der Waals surface area contributed by atoms with Gasteiger partial charge in [0.15, 0.2) is 5.82 Å². The van der Waals surface area contributed by atoms with Gasteiger partial charge in [-0.1, -0.05) is 5.21 Å². The number of aromatic amines is 1. The zero-order valence-electron chi connectivity index (χ0n) is 19.1. The fourth-order valence-electron chi connectivity index (χ4n) is 0.286. The normalized spacial score (nSPS) is 9.75. The van der Waals surface area contributed by atoms with E-state index < -0.39 is 31.3 Å². The van der Waals surface area contributed by atoms with Crippen LogP contribution < -0.4 is 0 Å². The number of methoxy groups -OCH3 is 1. The number of nitrogens with zero attached hydrogens (tertiary/aromatic N) is 3. The summed E-state index contributed by atoms with van der Waals surface area (Å²) in [6, 6.07) is 0. The van der Waals surface area contributed by atoms with Crippen LogP contribution >= 0.6 is 15.2 Å². The highest BCUT2D eigenvalue weighted by molar-refractivity contribution is 7.85. The zero-order chi connectivity index (χ0) is 27.2. The topological polar surface area (TPSA) is 265 Å². The number of carbonyl (C=O) groups excluding carboxylic acids is 1. The van der Waals surface area contributed by atoms with E-state index in [4.69, 9.17) is 24.2 Å². The third-order valence-corrected chi connectivity index (χ3v) is 2.73. The summed E-state index contributed by atoms with van der Waals surface area (Å²) in [5, 5.41) is 20.1. The summed E-state index contributed by atoms with van der Waals surface area (Å²) < 4.78 is 58.7. The minimum absolute atomic E-state index is 0.245. The van der Waals surface area contributed by atoms with Crippen LogP contribution in [0.3, 0.4) is 0 Å². The Kier molecular flexibility index (Phi) is 28.4. The van der Waals surface area contributed by atoms with Gasteiger partial charge in [-0.25, -0.2) is 0 Å². The molecular weight excluding hydrogens is 502 g/mol. The van der Waals surface area contributed by atoms with Crippen molar-refractivity contribution in [1.82, 2.24) is 20.6 Å². The molecule has 0 radical (unpaired) electrons. The highest BCUT2D eigenvalue weighted by Gasteiger charge is 2.08. The van der Waals surface area contributed by atoms with Gasteiger partial charge in [-0.2, -0.15) is 13.6 Å². The van der Waals surface area contributed by atoms with Crippen molar-refractivity contribution in [3.8, 4) is 0 Å². The monoisotopic (exact) mass is 534 g/mol. The zero-order valence-corrected chi connectivity index (χ0v) is 21.7. The van der Waals surface area contributed by atoms with E-state index in [0.29, 0.717) is 12.1 Å². The van der Waals surface area contributed by atoms with E-state index in [-0.39, 0.29) is 5.97 Å². The largest absolute Gasteiger partial charge is 0.481 e. The van der Waals surface area contributed by atoms with Gasteiger partial charge in [-0.15, -0.1) is 10.2 Å². The molecule has 0 aliphatic rings. The summed E-state index contributed by atoms with van der Waals surface area (Å²) in [4.78, 5) is 33.9. The lowest BCUT2D eigenvalue weighted by Crippen LogP contribution is -1.88. The van der Waals surface area contributed by atoms with E-state index in [1.807, 2.05) is 0 Å². The molecule has 17 nitrogen and oxygen atoms in total. The maximum atomic E-state index is 10.5. The molecule has 32 heavy (non-hydrogen) atoms.